The van der Waals surface area contributed by atoms with Crippen LogP contribution in [0.25, 0.3) is 0 Å². The first-order valence-corrected chi connectivity index (χ1v) is 14.2. The minimum atomic E-state index is -4.10. The number of benzene rings is 3. The minimum absolute atomic E-state index is 0.0111. The highest BCUT2D eigenvalue weighted by atomic mass is 32.2. The Balaban J connectivity index is 1.57. The second-order valence-electron chi connectivity index (χ2n) is 9.54. The fourth-order valence-corrected chi connectivity index (χ4v) is 6.70. The van der Waals surface area contributed by atoms with Crippen LogP contribution in [0.1, 0.15) is 46.0 Å². The molecule has 0 aromatic heterocycles. The first kappa shape index (κ1) is 26.6. The summed E-state index contributed by atoms with van der Waals surface area (Å²) < 4.78 is 46.1. The standard InChI is InChI=1S/C29H27FN2O6S/c1-2-38-29(35)21-6-5-15-31(18-21)27(33)20-11-14-26-24(16-20)32(17-19-9-12-22(30)13-10-19)28(34)23-7-3-4-8-25(23)39(26,36)37/h3-4,7-14,16,21H,2,5-6,15,17-18H2,1H3/t21-/m0/s1. The van der Waals surface area contributed by atoms with Crippen LogP contribution in [0.2, 0.25) is 0 Å². The molecule has 5 rings (SSSR count). The largest absolute Gasteiger partial charge is 0.466 e. The van der Waals surface area contributed by atoms with Gasteiger partial charge in [0.25, 0.3) is 11.8 Å². The molecule has 0 spiro atoms. The van der Waals surface area contributed by atoms with E-state index in [1.165, 1.54) is 59.5 Å². The van der Waals surface area contributed by atoms with Crippen LogP contribution in [0.5, 0.6) is 0 Å². The molecule has 0 radical (unpaired) electrons. The van der Waals surface area contributed by atoms with Crippen molar-refractivity contribution in [2.75, 3.05) is 24.6 Å². The number of fused-ring (bicyclic) bond motifs is 2. The lowest BCUT2D eigenvalue weighted by atomic mass is 9.97. The minimum Gasteiger partial charge on any atom is -0.466 e. The van der Waals surface area contributed by atoms with Crippen molar-refractivity contribution in [1.82, 2.24) is 4.90 Å². The van der Waals surface area contributed by atoms with Gasteiger partial charge in [0, 0.05) is 18.7 Å². The van der Waals surface area contributed by atoms with Gasteiger partial charge in [0.15, 0.2) is 0 Å². The Hall–Kier alpha value is -4.05. The molecule has 8 nitrogen and oxygen atoms in total. The average molecular weight is 551 g/mol. The fourth-order valence-electron chi connectivity index (χ4n) is 5.07. The number of likely N-dealkylation sites (tertiary alicyclic amines) is 1. The van der Waals surface area contributed by atoms with Crippen molar-refractivity contribution in [3.8, 4) is 0 Å². The number of hydrogen-bond acceptors (Lipinski definition) is 6. The molecule has 3 aromatic carbocycles. The van der Waals surface area contributed by atoms with Gasteiger partial charge >= 0.3 is 5.97 Å². The Morgan fingerprint density at radius 3 is 2.51 bits per heavy atom. The summed E-state index contributed by atoms with van der Waals surface area (Å²) in [5.74, 6) is -2.15. The monoisotopic (exact) mass is 550 g/mol. The third-order valence-electron chi connectivity index (χ3n) is 7.02. The van der Waals surface area contributed by atoms with Crippen LogP contribution >= 0.6 is 0 Å². The van der Waals surface area contributed by atoms with Crippen molar-refractivity contribution in [3.05, 3.63) is 89.2 Å². The molecule has 0 N–H and O–H groups in total. The van der Waals surface area contributed by atoms with Crippen LogP contribution < -0.4 is 4.90 Å². The summed E-state index contributed by atoms with van der Waals surface area (Å²) in [7, 11) is -4.10. The molecule has 1 atom stereocenters. The normalized spacial score (nSPS) is 18.1. The number of halogens is 1. The molecular weight excluding hydrogens is 523 g/mol. The van der Waals surface area contributed by atoms with Gasteiger partial charge < -0.3 is 14.5 Å². The van der Waals surface area contributed by atoms with Crippen molar-refractivity contribution < 1.29 is 31.9 Å². The molecule has 0 unspecified atom stereocenters. The number of rotatable bonds is 5. The van der Waals surface area contributed by atoms with E-state index in [1.807, 2.05) is 0 Å². The maximum atomic E-state index is 13.8. The van der Waals surface area contributed by atoms with Gasteiger partial charge in [-0.15, -0.1) is 0 Å². The molecule has 2 aliphatic rings. The third kappa shape index (κ3) is 5.04. The summed E-state index contributed by atoms with van der Waals surface area (Å²) in [6, 6.07) is 15.7. The van der Waals surface area contributed by atoms with Gasteiger partial charge in [-0.1, -0.05) is 24.3 Å². The predicted octanol–water partition coefficient (Wildman–Crippen LogP) is 4.23. The van der Waals surface area contributed by atoms with Crippen molar-refractivity contribution in [3.63, 3.8) is 0 Å². The Labute approximate surface area is 225 Å². The SMILES string of the molecule is CCOC(=O)[C@H]1CCCN(C(=O)c2ccc3c(c2)N(Cc2ccc(F)cc2)C(=O)c2ccccc2S3(=O)=O)C1. The Kier molecular flexibility index (Phi) is 7.22. The first-order valence-electron chi connectivity index (χ1n) is 12.7. The molecule has 2 heterocycles. The van der Waals surface area contributed by atoms with Crippen LogP contribution in [0.3, 0.4) is 0 Å². The lowest BCUT2D eigenvalue weighted by molar-refractivity contribution is -0.149. The zero-order valence-electron chi connectivity index (χ0n) is 21.3. The molecule has 2 amide bonds. The molecule has 39 heavy (non-hydrogen) atoms. The quantitative estimate of drug-likeness (QED) is 0.441. The van der Waals surface area contributed by atoms with Crippen LogP contribution in [0, 0.1) is 11.7 Å². The van der Waals surface area contributed by atoms with E-state index in [2.05, 4.69) is 0 Å². The van der Waals surface area contributed by atoms with Gasteiger partial charge in [0.05, 0.1) is 40.1 Å². The zero-order valence-corrected chi connectivity index (χ0v) is 22.1. The number of piperidine rings is 1. The van der Waals surface area contributed by atoms with Crippen LogP contribution in [-0.4, -0.2) is 50.8 Å². The predicted molar refractivity (Wildman–Crippen MR) is 141 cm³/mol. The van der Waals surface area contributed by atoms with E-state index < -0.39 is 27.5 Å². The molecule has 1 saturated heterocycles. The van der Waals surface area contributed by atoms with Gasteiger partial charge in [0.2, 0.25) is 9.84 Å². The van der Waals surface area contributed by atoms with E-state index in [0.29, 0.717) is 24.9 Å². The summed E-state index contributed by atoms with van der Waals surface area (Å²) in [4.78, 5) is 42.2. The van der Waals surface area contributed by atoms with Gasteiger partial charge in [-0.2, -0.15) is 0 Å². The molecule has 202 valence electrons. The highest BCUT2D eigenvalue weighted by Gasteiger charge is 2.37. The number of ether oxygens (including phenoxy) is 1. The molecule has 3 aromatic rings. The van der Waals surface area contributed by atoms with Crippen molar-refractivity contribution in [2.24, 2.45) is 5.92 Å². The molecule has 0 aliphatic carbocycles. The number of carbonyl (C=O) groups is 3. The van der Waals surface area contributed by atoms with Gasteiger partial charge in [-0.3, -0.25) is 14.4 Å². The molecule has 1 fully saturated rings. The third-order valence-corrected chi connectivity index (χ3v) is 8.88. The number of amides is 2. The lowest BCUT2D eigenvalue weighted by Gasteiger charge is -2.32. The summed E-state index contributed by atoms with van der Waals surface area (Å²) in [6.07, 6.45) is 1.24. The van der Waals surface area contributed by atoms with E-state index in [4.69, 9.17) is 4.74 Å². The van der Waals surface area contributed by atoms with E-state index in [1.54, 1.807) is 24.0 Å². The van der Waals surface area contributed by atoms with E-state index in [0.717, 1.165) is 0 Å². The van der Waals surface area contributed by atoms with Crippen molar-refractivity contribution in [1.29, 1.82) is 0 Å². The van der Waals surface area contributed by atoms with Crippen molar-refractivity contribution >= 4 is 33.3 Å². The molecular formula is C29H27FN2O6S. The molecule has 0 saturated carbocycles. The topological polar surface area (TPSA) is 101 Å². The number of nitrogens with zero attached hydrogens (tertiary/aromatic N) is 2. The fraction of sp³-hybridized carbons (Fsp3) is 0.276. The van der Waals surface area contributed by atoms with E-state index in [9.17, 15) is 27.2 Å². The van der Waals surface area contributed by atoms with Gasteiger partial charge in [-0.05, 0) is 67.8 Å². The number of esters is 1. The molecule has 10 heteroatoms. The van der Waals surface area contributed by atoms with E-state index >= 15 is 0 Å². The zero-order chi connectivity index (χ0) is 27.7. The van der Waals surface area contributed by atoms with E-state index in [-0.39, 0.29) is 58.2 Å². The van der Waals surface area contributed by atoms with Crippen molar-refractivity contribution in [2.45, 2.75) is 36.1 Å². The number of sulfone groups is 1. The second kappa shape index (κ2) is 10.6. The summed E-state index contributed by atoms with van der Waals surface area (Å²) in [5, 5.41) is 0. The highest BCUT2D eigenvalue weighted by molar-refractivity contribution is 7.91. The number of hydrogen-bond donors (Lipinski definition) is 0. The maximum Gasteiger partial charge on any atom is 0.310 e. The molecule has 0 bridgehead atoms. The average Bonchev–Trinajstić information content (AvgIpc) is 3.02. The molecule has 2 aliphatic heterocycles. The Morgan fingerprint density at radius 1 is 1.03 bits per heavy atom. The second-order valence-corrected chi connectivity index (χ2v) is 11.4. The Morgan fingerprint density at radius 2 is 1.77 bits per heavy atom. The Bertz CT molecular complexity index is 1550. The lowest BCUT2D eigenvalue weighted by Crippen LogP contribution is -2.43. The van der Waals surface area contributed by atoms with Crippen LogP contribution in [-0.2, 0) is 25.9 Å². The first-order chi connectivity index (χ1) is 18.7. The highest BCUT2D eigenvalue weighted by Crippen LogP contribution is 2.38. The maximum absolute atomic E-state index is 13.8. The summed E-state index contributed by atoms with van der Waals surface area (Å²) in [5.41, 5.74) is 0.844. The summed E-state index contributed by atoms with van der Waals surface area (Å²) >= 11 is 0. The van der Waals surface area contributed by atoms with Crippen LogP contribution in [0.15, 0.2) is 76.5 Å². The number of anilines is 1. The summed E-state index contributed by atoms with van der Waals surface area (Å²) in [6.45, 7) is 2.57. The van der Waals surface area contributed by atoms with Gasteiger partial charge in [-0.25, -0.2) is 12.8 Å². The van der Waals surface area contributed by atoms with Gasteiger partial charge in [0.1, 0.15) is 5.82 Å². The smallest absolute Gasteiger partial charge is 0.310 e. The van der Waals surface area contributed by atoms with Crippen LogP contribution in [0.4, 0.5) is 10.1 Å². The number of carbonyl (C=O) groups excluding carboxylic acids is 3.